The molecule has 2 aliphatic heterocycles. The molecule has 8 heteroatoms. The maximum Gasteiger partial charge on any atom is 0.254 e. The fraction of sp³-hybridized carbons (Fsp3) is 0.323. The van der Waals surface area contributed by atoms with Gasteiger partial charge in [-0.2, -0.15) is 0 Å². The van der Waals surface area contributed by atoms with E-state index in [1.54, 1.807) is 38.4 Å². The number of fused-ring (bicyclic) bond motifs is 1. The molecule has 2 heterocycles. The summed E-state index contributed by atoms with van der Waals surface area (Å²) in [5, 5.41) is 3.10. The summed E-state index contributed by atoms with van der Waals surface area (Å²) in [6.07, 6.45) is 3.49. The highest BCUT2D eigenvalue weighted by molar-refractivity contribution is 6.05. The lowest BCUT2D eigenvalue weighted by atomic mass is 9.93. The van der Waals surface area contributed by atoms with Crippen LogP contribution in [-0.4, -0.2) is 61.5 Å². The van der Waals surface area contributed by atoms with E-state index in [0.29, 0.717) is 28.3 Å². The van der Waals surface area contributed by atoms with E-state index in [4.69, 9.17) is 9.47 Å². The second kappa shape index (κ2) is 9.76. The first kappa shape index (κ1) is 25.0. The van der Waals surface area contributed by atoms with Crippen LogP contribution in [0, 0.1) is 0 Å². The number of carbonyl (C=O) groups excluding carboxylic acids is 3. The number of hydrogen-bond acceptors (Lipinski definition) is 5. The van der Waals surface area contributed by atoms with E-state index < -0.39 is 5.41 Å². The molecule has 1 aliphatic carbocycles. The monoisotopic (exact) mass is 525 g/mol. The molecule has 0 atom stereocenters. The van der Waals surface area contributed by atoms with Gasteiger partial charge in [0, 0.05) is 44.0 Å². The van der Waals surface area contributed by atoms with Crippen molar-refractivity contribution in [2.75, 3.05) is 39.3 Å². The first-order valence-corrected chi connectivity index (χ1v) is 13.3. The molecule has 2 fully saturated rings. The molecule has 39 heavy (non-hydrogen) atoms. The Hall–Kier alpha value is -4.33. The van der Waals surface area contributed by atoms with Crippen LogP contribution in [0.1, 0.15) is 52.0 Å². The molecule has 0 bridgehead atoms. The number of benzene rings is 3. The van der Waals surface area contributed by atoms with E-state index in [1.165, 1.54) is 4.90 Å². The Morgan fingerprint density at radius 1 is 0.872 bits per heavy atom. The highest BCUT2D eigenvalue weighted by Gasteiger charge is 2.51. The quantitative estimate of drug-likeness (QED) is 0.505. The van der Waals surface area contributed by atoms with Gasteiger partial charge in [0.15, 0.2) is 11.5 Å². The third-order valence-electron chi connectivity index (χ3n) is 7.86. The number of hydrogen-bond donors (Lipinski definition) is 1. The van der Waals surface area contributed by atoms with Crippen molar-refractivity contribution in [1.29, 1.82) is 0 Å². The molecule has 3 amide bonds. The van der Waals surface area contributed by atoms with Crippen LogP contribution >= 0.6 is 0 Å². The third-order valence-corrected chi connectivity index (χ3v) is 7.86. The van der Waals surface area contributed by atoms with Crippen molar-refractivity contribution in [1.82, 2.24) is 9.80 Å². The molecule has 1 N–H and O–H groups in total. The van der Waals surface area contributed by atoms with E-state index in [9.17, 15) is 14.4 Å². The lowest BCUT2D eigenvalue weighted by Gasteiger charge is -2.20. The second-order valence-electron chi connectivity index (χ2n) is 10.6. The number of rotatable bonds is 6. The minimum atomic E-state index is -0.612. The van der Waals surface area contributed by atoms with Gasteiger partial charge in [0.25, 0.3) is 11.8 Å². The first-order valence-electron chi connectivity index (χ1n) is 13.3. The van der Waals surface area contributed by atoms with Gasteiger partial charge in [0.05, 0.1) is 5.41 Å². The second-order valence-corrected chi connectivity index (χ2v) is 10.6. The minimum absolute atomic E-state index is 0.0205. The summed E-state index contributed by atoms with van der Waals surface area (Å²) in [7, 11) is 3.43. The number of ether oxygens (including phenoxy) is 2. The van der Waals surface area contributed by atoms with Crippen molar-refractivity contribution >= 4 is 23.4 Å². The number of likely N-dealkylation sites (tertiary alicyclic amines) is 1. The third kappa shape index (κ3) is 4.60. The van der Waals surface area contributed by atoms with Crippen LogP contribution in [0.25, 0.3) is 11.1 Å². The van der Waals surface area contributed by atoms with Crippen LogP contribution in [0.2, 0.25) is 0 Å². The van der Waals surface area contributed by atoms with Gasteiger partial charge in [-0.05, 0) is 84.8 Å². The largest absolute Gasteiger partial charge is 0.454 e. The van der Waals surface area contributed by atoms with Gasteiger partial charge in [-0.15, -0.1) is 0 Å². The lowest BCUT2D eigenvalue weighted by Crippen LogP contribution is -2.29. The van der Waals surface area contributed by atoms with Crippen LogP contribution in [-0.2, 0) is 10.2 Å². The van der Waals surface area contributed by atoms with Crippen LogP contribution in [0.5, 0.6) is 11.5 Å². The molecule has 6 rings (SSSR count). The fourth-order valence-corrected chi connectivity index (χ4v) is 5.41. The molecule has 1 saturated carbocycles. The van der Waals surface area contributed by atoms with E-state index in [0.717, 1.165) is 55.5 Å². The number of anilines is 1. The SMILES string of the molecule is CN(C)C(=O)c1ccc(-c2cc(NC(=O)C3(c4ccc5c(c4)OCO5)CC3)ccc2C(=O)N2CCCC2)cc1. The normalized spacial score (nSPS) is 16.6. The number of carbonyl (C=O) groups is 3. The predicted octanol–water partition coefficient (Wildman–Crippen LogP) is 4.69. The summed E-state index contributed by atoms with van der Waals surface area (Å²) >= 11 is 0. The van der Waals surface area contributed by atoms with Gasteiger partial charge in [0.1, 0.15) is 0 Å². The Labute approximate surface area is 227 Å². The minimum Gasteiger partial charge on any atom is -0.454 e. The standard InChI is InChI=1S/C31H31N3O5/c1-33(2)28(35)21-7-5-20(6-8-21)25-18-23(10-11-24(25)29(36)34-15-3-4-16-34)32-30(37)31(13-14-31)22-9-12-26-27(17-22)39-19-38-26/h5-12,17-18H,3-4,13-16,19H2,1-2H3,(H,32,37). The topological polar surface area (TPSA) is 88.2 Å². The Morgan fingerprint density at radius 2 is 1.59 bits per heavy atom. The molecule has 0 radical (unpaired) electrons. The first-order chi connectivity index (χ1) is 18.9. The Bertz CT molecular complexity index is 1450. The Balaban J connectivity index is 1.31. The molecule has 3 aromatic carbocycles. The van der Waals surface area contributed by atoms with E-state index >= 15 is 0 Å². The molecule has 8 nitrogen and oxygen atoms in total. The fourth-order valence-electron chi connectivity index (χ4n) is 5.41. The molecule has 0 aromatic heterocycles. The molecule has 0 spiro atoms. The smallest absolute Gasteiger partial charge is 0.254 e. The molecular formula is C31H31N3O5. The molecule has 200 valence electrons. The van der Waals surface area contributed by atoms with Crippen molar-refractivity contribution < 1.29 is 23.9 Å². The van der Waals surface area contributed by atoms with Crippen LogP contribution in [0.4, 0.5) is 5.69 Å². The zero-order valence-electron chi connectivity index (χ0n) is 22.2. The average molecular weight is 526 g/mol. The van der Waals surface area contributed by atoms with Gasteiger partial charge in [-0.3, -0.25) is 14.4 Å². The molecule has 3 aliphatic rings. The highest BCUT2D eigenvalue weighted by atomic mass is 16.7. The van der Waals surface area contributed by atoms with Crippen LogP contribution in [0.3, 0.4) is 0 Å². The van der Waals surface area contributed by atoms with Gasteiger partial charge in [0.2, 0.25) is 12.7 Å². The van der Waals surface area contributed by atoms with Crippen molar-refractivity contribution in [3.63, 3.8) is 0 Å². The molecular weight excluding hydrogens is 494 g/mol. The summed E-state index contributed by atoms with van der Waals surface area (Å²) in [5.41, 5.74) is 3.60. The van der Waals surface area contributed by atoms with Crippen LogP contribution < -0.4 is 14.8 Å². The van der Waals surface area contributed by atoms with Gasteiger partial charge >= 0.3 is 0 Å². The van der Waals surface area contributed by atoms with Gasteiger partial charge < -0.3 is 24.6 Å². The summed E-state index contributed by atoms with van der Waals surface area (Å²) in [6.45, 7) is 1.67. The highest BCUT2D eigenvalue weighted by Crippen LogP contribution is 2.51. The maximum atomic E-state index is 13.6. The summed E-state index contributed by atoms with van der Waals surface area (Å²) in [4.78, 5) is 42.8. The number of nitrogens with one attached hydrogen (secondary N) is 1. The number of nitrogens with zero attached hydrogens (tertiary/aromatic N) is 2. The van der Waals surface area contributed by atoms with Gasteiger partial charge in [-0.25, -0.2) is 0 Å². The summed E-state index contributed by atoms with van der Waals surface area (Å²) in [5.74, 6) is 1.16. The maximum absolute atomic E-state index is 13.6. The Morgan fingerprint density at radius 3 is 2.28 bits per heavy atom. The van der Waals surface area contributed by atoms with Gasteiger partial charge in [-0.1, -0.05) is 18.2 Å². The van der Waals surface area contributed by atoms with Crippen molar-refractivity contribution in [2.45, 2.75) is 31.1 Å². The molecule has 3 aromatic rings. The molecule has 0 unspecified atom stereocenters. The predicted molar refractivity (Wildman–Crippen MR) is 147 cm³/mol. The average Bonchev–Trinajstić information content (AvgIpc) is 3.33. The van der Waals surface area contributed by atoms with Crippen LogP contribution in [0.15, 0.2) is 60.7 Å². The number of amides is 3. The van der Waals surface area contributed by atoms with E-state index in [2.05, 4.69) is 5.32 Å². The van der Waals surface area contributed by atoms with E-state index in [-0.39, 0.29) is 24.5 Å². The zero-order valence-corrected chi connectivity index (χ0v) is 22.2. The molecule has 1 saturated heterocycles. The Kier molecular flexibility index (Phi) is 6.25. The zero-order chi connectivity index (χ0) is 27.1. The van der Waals surface area contributed by atoms with Crippen molar-refractivity contribution in [3.8, 4) is 22.6 Å². The van der Waals surface area contributed by atoms with Crippen molar-refractivity contribution in [2.24, 2.45) is 0 Å². The summed E-state index contributed by atoms with van der Waals surface area (Å²) < 4.78 is 10.9. The lowest BCUT2D eigenvalue weighted by molar-refractivity contribution is -0.118. The van der Waals surface area contributed by atoms with Crippen molar-refractivity contribution in [3.05, 3.63) is 77.4 Å². The summed E-state index contributed by atoms with van der Waals surface area (Å²) in [6, 6.07) is 18.4. The van der Waals surface area contributed by atoms with E-state index in [1.807, 2.05) is 41.3 Å².